The second-order valence-electron chi connectivity index (χ2n) is 5.21. The number of hydrogen-bond acceptors (Lipinski definition) is 1. The van der Waals surface area contributed by atoms with Gasteiger partial charge in [-0.15, -0.1) is 0 Å². The molecule has 0 aromatic rings. The zero-order valence-corrected chi connectivity index (χ0v) is 8.82. The molecule has 0 radical (unpaired) electrons. The highest BCUT2D eigenvalue weighted by Gasteiger charge is 2.52. The predicted octanol–water partition coefficient (Wildman–Crippen LogP) is 2.46. The van der Waals surface area contributed by atoms with Gasteiger partial charge in [0, 0.05) is 19.1 Å². The van der Waals surface area contributed by atoms with Gasteiger partial charge in [-0.1, -0.05) is 20.8 Å². The Bertz CT molecular complexity index is 163. The van der Waals surface area contributed by atoms with Crippen molar-refractivity contribution in [3.8, 4) is 0 Å². The molecule has 0 aromatic heterocycles. The first kappa shape index (κ1) is 9.97. The second-order valence-corrected chi connectivity index (χ2v) is 5.21. The van der Waals surface area contributed by atoms with Crippen LogP contribution in [-0.2, 0) is 0 Å². The van der Waals surface area contributed by atoms with Crippen LogP contribution in [0.4, 0.5) is 4.39 Å². The van der Waals surface area contributed by atoms with E-state index in [2.05, 4.69) is 18.7 Å². The lowest BCUT2D eigenvalue weighted by Crippen LogP contribution is -2.66. The quantitative estimate of drug-likeness (QED) is 0.589. The van der Waals surface area contributed by atoms with Crippen LogP contribution < -0.4 is 0 Å². The summed E-state index contributed by atoms with van der Waals surface area (Å²) in [5.74, 6) is 0. The van der Waals surface area contributed by atoms with Gasteiger partial charge in [0.05, 0.1) is 0 Å². The average molecular weight is 173 g/mol. The summed E-state index contributed by atoms with van der Waals surface area (Å²) in [4.78, 5) is 2.17. The summed E-state index contributed by atoms with van der Waals surface area (Å²) in [7, 11) is 0. The van der Waals surface area contributed by atoms with Crippen molar-refractivity contribution in [2.75, 3.05) is 13.1 Å². The molecule has 1 aliphatic heterocycles. The van der Waals surface area contributed by atoms with Crippen LogP contribution in [0.1, 0.15) is 34.6 Å². The normalized spacial score (nSPS) is 24.2. The highest BCUT2D eigenvalue weighted by Crippen LogP contribution is 2.42. The van der Waals surface area contributed by atoms with Gasteiger partial charge in [-0.05, 0) is 19.3 Å². The van der Waals surface area contributed by atoms with Gasteiger partial charge in [-0.2, -0.15) is 0 Å². The van der Waals surface area contributed by atoms with Crippen molar-refractivity contribution in [3.05, 3.63) is 0 Å². The fourth-order valence-corrected chi connectivity index (χ4v) is 1.44. The summed E-state index contributed by atoms with van der Waals surface area (Å²) in [5.41, 5.74) is -1.17. The van der Waals surface area contributed by atoms with E-state index in [0.29, 0.717) is 19.1 Å². The molecule has 0 aromatic carbocycles. The number of halogens is 1. The molecule has 0 aliphatic carbocycles. The topological polar surface area (TPSA) is 3.24 Å². The molecule has 0 saturated carbocycles. The van der Waals surface area contributed by atoms with E-state index in [1.165, 1.54) is 0 Å². The van der Waals surface area contributed by atoms with E-state index in [-0.39, 0.29) is 5.41 Å². The maximum absolute atomic E-state index is 14.0. The monoisotopic (exact) mass is 173 g/mol. The number of likely N-dealkylation sites (tertiary alicyclic amines) is 1. The summed E-state index contributed by atoms with van der Waals surface area (Å²) in [6, 6.07) is 0.483. The third-order valence-electron chi connectivity index (χ3n) is 2.98. The Hall–Kier alpha value is -0.110. The van der Waals surface area contributed by atoms with E-state index >= 15 is 0 Å². The minimum Gasteiger partial charge on any atom is -0.294 e. The van der Waals surface area contributed by atoms with E-state index in [1.807, 2.05) is 20.8 Å². The first-order valence-electron chi connectivity index (χ1n) is 4.69. The van der Waals surface area contributed by atoms with Crippen LogP contribution in [-0.4, -0.2) is 29.7 Å². The van der Waals surface area contributed by atoms with Gasteiger partial charge in [0.15, 0.2) is 0 Å². The van der Waals surface area contributed by atoms with E-state index < -0.39 is 5.67 Å². The number of hydrogen-bond donors (Lipinski definition) is 0. The van der Waals surface area contributed by atoms with Crippen molar-refractivity contribution in [1.29, 1.82) is 0 Å². The van der Waals surface area contributed by atoms with Gasteiger partial charge in [-0.3, -0.25) is 4.90 Å². The van der Waals surface area contributed by atoms with Gasteiger partial charge in [-0.25, -0.2) is 4.39 Å². The lowest BCUT2D eigenvalue weighted by molar-refractivity contribution is -0.116. The van der Waals surface area contributed by atoms with Crippen LogP contribution in [0.15, 0.2) is 0 Å². The zero-order chi connectivity index (χ0) is 9.57. The van der Waals surface area contributed by atoms with Crippen molar-refractivity contribution >= 4 is 0 Å². The lowest BCUT2D eigenvalue weighted by atomic mass is 9.72. The zero-order valence-electron chi connectivity index (χ0n) is 8.82. The molecule has 0 spiro atoms. The molecule has 0 N–H and O–H groups in total. The fraction of sp³-hybridized carbons (Fsp3) is 1.00. The van der Waals surface area contributed by atoms with Gasteiger partial charge < -0.3 is 0 Å². The molecule has 1 rings (SSSR count). The highest BCUT2D eigenvalue weighted by atomic mass is 19.1. The number of nitrogens with zero attached hydrogens (tertiary/aromatic N) is 1. The first-order chi connectivity index (χ1) is 5.26. The smallest absolute Gasteiger partial charge is 0.141 e. The lowest BCUT2D eigenvalue weighted by Gasteiger charge is -2.53. The molecule has 0 atom stereocenters. The molecule has 1 fully saturated rings. The van der Waals surface area contributed by atoms with Crippen molar-refractivity contribution in [2.45, 2.75) is 46.3 Å². The Kier molecular flexibility index (Phi) is 2.24. The van der Waals surface area contributed by atoms with Crippen LogP contribution in [0, 0.1) is 5.41 Å². The highest BCUT2D eigenvalue weighted by molar-refractivity contribution is 5.04. The Morgan fingerprint density at radius 2 is 1.67 bits per heavy atom. The molecule has 0 amide bonds. The first-order valence-corrected chi connectivity index (χ1v) is 4.69. The summed E-state index contributed by atoms with van der Waals surface area (Å²) in [6.07, 6.45) is 0. The minimum absolute atomic E-state index is 0.210. The van der Waals surface area contributed by atoms with E-state index in [0.717, 1.165) is 0 Å². The van der Waals surface area contributed by atoms with Crippen LogP contribution in [0.3, 0.4) is 0 Å². The van der Waals surface area contributed by atoms with Gasteiger partial charge in [0.2, 0.25) is 0 Å². The van der Waals surface area contributed by atoms with Gasteiger partial charge in [0.25, 0.3) is 0 Å². The molecule has 1 heterocycles. The summed E-state index contributed by atoms with van der Waals surface area (Å²) in [5, 5.41) is 0. The average Bonchev–Trinajstić information content (AvgIpc) is 1.77. The molecule has 72 valence electrons. The Morgan fingerprint density at radius 3 is 1.92 bits per heavy atom. The molecule has 1 nitrogen and oxygen atoms in total. The third kappa shape index (κ3) is 1.49. The van der Waals surface area contributed by atoms with Crippen LogP contribution >= 0.6 is 0 Å². The van der Waals surface area contributed by atoms with Crippen LogP contribution in [0.5, 0.6) is 0 Å². The molecule has 0 unspecified atom stereocenters. The van der Waals surface area contributed by atoms with Crippen LogP contribution in [0.25, 0.3) is 0 Å². The van der Waals surface area contributed by atoms with Crippen molar-refractivity contribution in [1.82, 2.24) is 4.90 Å². The van der Waals surface area contributed by atoms with Gasteiger partial charge >= 0.3 is 0 Å². The number of rotatable bonds is 1. The molecule has 1 saturated heterocycles. The maximum atomic E-state index is 14.0. The van der Waals surface area contributed by atoms with Crippen molar-refractivity contribution in [3.63, 3.8) is 0 Å². The van der Waals surface area contributed by atoms with Crippen molar-refractivity contribution < 1.29 is 4.39 Å². The largest absolute Gasteiger partial charge is 0.294 e. The van der Waals surface area contributed by atoms with E-state index in [1.54, 1.807) is 0 Å². The standard InChI is InChI=1S/C10H20FN/c1-8(2)12-6-10(11,7-12)9(3,4)5/h8H,6-7H2,1-5H3. The fourth-order valence-electron chi connectivity index (χ4n) is 1.44. The summed E-state index contributed by atoms with van der Waals surface area (Å²) in [6.45, 7) is 11.4. The molecule has 12 heavy (non-hydrogen) atoms. The molecule has 0 bridgehead atoms. The number of alkyl halides is 1. The molecular weight excluding hydrogens is 153 g/mol. The van der Waals surface area contributed by atoms with Gasteiger partial charge in [0.1, 0.15) is 5.67 Å². The SMILES string of the molecule is CC(C)N1CC(F)(C(C)(C)C)C1. The molecule has 1 aliphatic rings. The summed E-state index contributed by atoms with van der Waals surface area (Å²) < 4.78 is 14.0. The second kappa shape index (κ2) is 2.69. The minimum atomic E-state index is -0.961. The molecule has 2 heteroatoms. The Labute approximate surface area is 74.9 Å². The Morgan fingerprint density at radius 1 is 1.25 bits per heavy atom. The van der Waals surface area contributed by atoms with E-state index in [4.69, 9.17) is 0 Å². The maximum Gasteiger partial charge on any atom is 0.141 e. The van der Waals surface area contributed by atoms with Crippen molar-refractivity contribution in [2.24, 2.45) is 5.41 Å². The predicted molar refractivity (Wildman–Crippen MR) is 50.0 cm³/mol. The summed E-state index contributed by atoms with van der Waals surface area (Å²) >= 11 is 0. The molecular formula is C10H20FN. The van der Waals surface area contributed by atoms with Crippen LogP contribution in [0.2, 0.25) is 0 Å². The third-order valence-corrected chi connectivity index (χ3v) is 2.98. The Balaban J connectivity index is 2.51. The van der Waals surface area contributed by atoms with E-state index in [9.17, 15) is 4.39 Å².